The van der Waals surface area contributed by atoms with Crippen molar-refractivity contribution in [1.82, 2.24) is 10.2 Å². The van der Waals surface area contributed by atoms with Crippen molar-refractivity contribution in [1.29, 1.82) is 0 Å². The molecule has 1 N–H and O–H groups in total. The number of benzene rings is 1. The molecule has 1 spiro atoms. The van der Waals surface area contributed by atoms with Crippen LogP contribution in [-0.2, 0) is 11.3 Å². The molecule has 0 saturated carbocycles. The number of hydrogen-bond acceptors (Lipinski definition) is 3. The molecule has 3 rings (SSSR count). The number of nitrogens with one attached hydrogen (secondary N) is 1. The number of amides is 1. The normalized spacial score (nSPS) is 28.8. The highest BCUT2D eigenvalue weighted by atomic mass is 19.1. The van der Waals surface area contributed by atoms with Crippen molar-refractivity contribution in [3.63, 3.8) is 0 Å². The Labute approximate surface area is 124 Å². The molecule has 0 radical (unpaired) electrons. The fourth-order valence-electron chi connectivity index (χ4n) is 3.28. The molecule has 2 aliphatic heterocycles. The lowest BCUT2D eigenvalue weighted by Gasteiger charge is -2.44. The van der Waals surface area contributed by atoms with Crippen molar-refractivity contribution in [2.45, 2.75) is 37.6 Å². The van der Waals surface area contributed by atoms with E-state index in [4.69, 9.17) is 4.74 Å². The first-order chi connectivity index (χ1) is 10.2. The molecule has 114 valence electrons. The Morgan fingerprint density at radius 3 is 2.90 bits per heavy atom. The summed E-state index contributed by atoms with van der Waals surface area (Å²) in [6.45, 7) is 1.99. The van der Waals surface area contributed by atoms with Gasteiger partial charge >= 0.3 is 6.09 Å². The van der Waals surface area contributed by atoms with E-state index in [0.29, 0.717) is 12.8 Å². The molecule has 0 aromatic heterocycles. The molecule has 0 bridgehead atoms. The van der Waals surface area contributed by atoms with E-state index in [1.54, 1.807) is 4.90 Å². The summed E-state index contributed by atoms with van der Waals surface area (Å²) in [5, 5.41) is 3.28. The van der Waals surface area contributed by atoms with Crippen LogP contribution >= 0.6 is 0 Å². The molecule has 2 fully saturated rings. The summed E-state index contributed by atoms with van der Waals surface area (Å²) in [6, 6.07) is 9.56. The molecular weight excluding hydrogens is 271 g/mol. The maximum Gasteiger partial charge on any atom is 0.410 e. The second kappa shape index (κ2) is 6.02. The number of nitrogens with zero attached hydrogens (tertiary/aromatic N) is 1. The van der Waals surface area contributed by atoms with Crippen LogP contribution in [0.1, 0.15) is 24.8 Å². The van der Waals surface area contributed by atoms with E-state index in [2.05, 4.69) is 5.32 Å². The Balaban J connectivity index is 1.66. The minimum atomic E-state index is -0.944. The van der Waals surface area contributed by atoms with E-state index in [1.807, 2.05) is 30.3 Å². The maximum absolute atomic E-state index is 13.7. The molecule has 1 aromatic carbocycles. The summed E-state index contributed by atoms with van der Waals surface area (Å²) in [4.78, 5) is 14.0. The van der Waals surface area contributed by atoms with Crippen LogP contribution in [0, 0.1) is 0 Å². The van der Waals surface area contributed by atoms with Crippen LogP contribution in [0.15, 0.2) is 30.3 Å². The second-order valence-electron chi connectivity index (χ2n) is 5.94. The molecule has 2 unspecified atom stereocenters. The van der Waals surface area contributed by atoms with Gasteiger partial charge in [-0.05, 0) is 31.4 Å². The Hall–Kier alpha value is -1.62. The first-order valence-corrected chi connectivity index (χ1v) is 7.53. The number of carbonyl (C=O) groups excluding carboxylic acids is 1. The number of carbonyl (C=O) groups is 1. The molecule has 1 amide bonds. The minimum Gasteiger partial charge on any atom is -0.445 e. The van der Waals surface area contributed by atoms with Gasteiger partial charge in [-0.25, -0.2) is 9.18 Å². The Morgan fingerprint density at radius 2 is 2.19 bits per heavy atom. The van der Waals surface area contributed by atoms with Gasteiger partial charge in [0.1, 0.15) is 12.8 Å². The summed E-state index contributed by atoms with van der Waals surface area (Å²) in [7, 11) is 0. The molecular formula is C16H21FN2O2. The number of alkyl halides is 1. The standard InChI is InChI=1S/C16H21FN2O2/c17-14-6-7-16(8-9-18-12-16)19(10-14)15(20)21-11-13-4-2-1-3-5-13/h1-5,14,18H,6-12H2. The second-order valence-corrected chi connectivity index (χ2v) is 5.94. The Morgan fingerprint density at radius 1 is 1.38 bits per heavy atom. The maximum atomic E-state index is 13.7. The van der Waals surface area contributed by atoms with Crippen molar-refractivity contribution in [2.24, 2.45) is 0 Å². The predicted octanol–water partition coefficient (Wildman–Crippen LogP) is 2.49. The molecule has 2 heterocycles. The van der Waals surface area contributed by atoms with E-state index in [0.717, 1.165) is 25.1 Å². The zero-order chi connectivity index (χ0) is 14.7. The first-order valence-electron chi connectivity index (χ1n) is 7.53. The number of rotatable bonds is 2. The van der Waals surface area contributed by atoms with Crippen molar-refractivity contribution < 1.29 is 13.9 Å². The van der Waals surface area contributed by atoms with Gasteiger partial charge < -0.3 is 10.1 Å². The number of hydrogen-bond donors (Lipinski definition) is 1. The van der Waals surface area contributed by atoms with Gasteiger partial charge in [0, 0.05) is 6.54 Å². The molecule has 2 aliphatic rings. The molecule has 21 heavy (non-hydrogen) atoms. The zero-order valence-electron chi connectivity index (χ0n) is 12.1. The van der Waals surface area contributed by atoms with Crippen molar-refractivity contribution in [3.05, 3.63) is 35.9 Å². The number of ether oxygens (including phenoxy) is 1. The minimum absolute atomic E-state index is 0.148. The lowest BCUT2D eigenvalue weighted by molar-refractivity contribution is 0.00742. The predicted molar refractivity (Wildman–Crippen MR) is 77.7 cm³/mol. The smallest absolute Gasteiger partial charge is 0.410 e. The monoisotopic (exact) mass is 292 g/mol. The third-order valence-corrected chi connectivity index (χ3v) is 4.52. The highest BCUT2D eigenvalue weighted by Gasteiger charge is 2.46. The van der Waals surface area contributed by atoms with Gasteiger partial charge in [0.2, 0.25) is 0 Å². The van der Waals surface area contributed by atoms with Gasteiger partial charge in [-0.1, -0.05) is 30.3 Å². The van der Waals surface area contributed by atoms with E-state index in [9.17, 15) is 9.18 Å². The van der Waals surface area contributed by atoms with Gasteiger partial charge in [0.25, 0.3) is 0 Å². The highest BCUT2D eigenvalue weighted by molar-refractivity contribution is 5.69. The largest absolute Gasteiger partial charge is 0.445 e. The molecule has 5 heteroatoms. The molecule has 2 saturated heterocycles. The van der Waals surface area contributed by atoms with Crippen LogP contribution in [0.5, 0.6) is 0 Å². The molecule has 1 aromatic rings. The third-order valence-electron chi connectivity index (χ3n) is 4.52. The number of piperidine rings is 1. The third kappa shape index (κ3) is 3.02. The van der Waals surface area contributed by atoms with Gasteiger partial charge in [-0.2, -0.15) is 0 Å². The van der Waals surface area contributed by atoms with Crippen LogP contribution in [0.4, 0.5) is 9.18 Å². The van der Waals surface area contributed by atoms with Crippen molar-refractivity contribution in [2.75, 3.05) is 19.6 Å². The summed E-state index contributed by atoms with van der Waals surface area (Å²) in [5.41, 5.74) is 0.689. The highest BCUT2D eigenvalue weighted by Crippen LogP contribution is 2.35. The van der Waals surface area contributed by atoms with Crippen molar-refractivity contribution >= 4 is 6.09 Å². The topological polar surface area (TPSA) is 41.6 Å². The number of likely N-dealkylation sites (tertiary alicyclic amines) is 1. The van der Waals surface area contributed by atoms with E-state index >= 15 is 0 Å². The van der Waals surface area contributed by atoms with E-state index in [1.165, 1.54) is 0 Å². The fraction of sp³-hybridized carbons (Fsp3) is 0.562. The molecule has 0 aliphatic carbocycles. The summed E-state index contributed by atoms with van der Waals surface area (Å²) in [5.74, 6) is 0. The lowest BCUT2D eigenvalue weighted by atomic mass is 9.85. The van der Waals surface area contributed by atoms with Crippen LogP contribution < -0.4 is 5.32 Å². The van der Waals surface area contributed by atoms with Crippen molar-refractivity contribution in [3.8, 4) is 0 Å². The van der Waals surface area contributed by atoms with Gasteiger partial charge in [-0.3, -0.25) is 4.90 Å². The summed E-state index contributed by atoms with van der Waals surface area (Å²) in [6.07, 6.45) is 0.775. The summed E-state index contributed by atoms with van der Waals surface area (Å²) >= 11 is 0. The van der Waals surface area contributed by atoms with Gasteiger partial charge in [0.05, 0.1) is 12.1 Å². The number of halogens is 1. The van der Waals surface area contributed by atoms with E-state index in [-0.39, 0.29) is 18.7 Å². The zero-order valence-corrected chi connectivity index (χ0v) is 12.1. The van der Waals surface area contributed by atoms with E-state index < -0.39 is 12.3 Å². The van der Waals surface area contributed by atoms with Crippen LogP contribution in [0.2, 0.25) is 0 Å². The van der Waals surface area contributed by atoms with Gasteiger partial charge in [0.15, 0.2) is 0 Å². The average Bonchev–Trinajstić information content (AvgIpc) is 2.98. The Bertz CT molecular complexity index is 488. The fourth-order valence-corrected chi connectivity index (χ4v) is 3.28. The van der Waals surface area contributed by atoms with Crippen LogP contribution in [-0.4, -0.2) is 42.3 Å². The molecule has 4 nitrogen and oxygen atoms in total. The SMILES string of the molecule is O=C(OCc1ccccc1)N1CC(F)CCC12CCNC2. The lowest BCUT2D eigenvalue weighted by Crippen LogP contribution is -2.58. The Kier molecular flexibility index (Phi) is 4.10. The quantitative estimate of drug-likeness (QED) is 0.910. The van der Waals surface area contributed by atoms with Crippen LogP contribution in [0.3, 0.4) is 0 Å². The van der Waals surface area contributed by atoms with Crippen LogP contribution in [0.25, 0.3) is 0 Å². The molecule has 2 atom stereocenters. The average molecular weight is 292 g/mol. The first kappa shape index (κ1) is 14.3. The van der Waals surface area contributed by atoms with Gasteiger partial charge in [-0.15, -0.1) is 0 Å². The summed E-state index contributed by atoms with van der Waals surface area (Å²) < 4.78 is 19.1.